The van der Waals surface area contributed by atoms with Crippen molar-refractivity contribution >= 4 is 40.6 Å². The van der Waals surface area contributed by atoms with E-state index in [0.29, 0.717) is 17.7 Å². The van der Waals surface area contributed by atoms with Crippen LogP contribution in [0.5, 0.6) is 5.88 Å². The first-order chi connectivity index (χ1) is 12.1. The standard InChI is InChI=1S/C15H14Cl3F3N4O/c1-7(25-13-11(18)12(8(2)16)23-6-24-13)5-26-14-10(17)3-9(4-22-14)15(19,20)21/h3-4,6-8H,5H2,1-2H3,(H,23,24,25). The van der Waals surface area contributed by atoms with Gasteiger partial charge in [-0.3, -0.25) is 0 Å². The van der Waals surface area contributed by atoms with Crippen molar-refractivity contribution in [3.8, 4) is 5.88 Å². The topological polar surface area (TPSA) is 59.9 Å². The minimum absolute atomic E-state index is 0.0597. The van der Waals surface area contributed by atoms with Gasteiger partial charge in [0, 0.05) is 6.20 Å². The summed E-state index contributed by atoms with van der Waals surface area (Å²) >= 11 is 18.0. The van der Waals surface area contributed by atoms with Crippen molar-refractivity contribution in [2.45, 2.75) is 31.4 Å². The molecule has 26 heavy (non-hydrogen) atoms. The highest BCUT2D eigenvalue weighted by atomic mass is 35.5. The van der Waals surface area contributed by atoms with Gasteiger partial charge in [-0.15, -0.1) is 11.6 Å². The van der Waals surface area contributed by atoms with Gasteiger partial charge in [0.1, 0.15) is 28.8 Å². The number of aromatic nitrogens is 3. The average molecular weight is 430 g/mol. The Morgan fingerprint density at radius 2 is 1.88 bits per heavy atom. The molecule has 0 aromatic carbocycles. The molecule has 2 atom stereocenters. The molecule has 2 unspecified atom stereocenters. The van der Waals surface area contributed by atoms with E-state index in [2.05, 4.69) is 20.3 Å². The third-order valence-corrected chi connectivity index (χ3v) is 4.03. The molecule has 0 spiro atoms. The van der Waals surface area contributed by atoms with E-state index in [1.807, 2.05) is 0 Å². The number of nitrogens with one attached hydrogen (secondary N) is 1. The number of alkyl halides is 4. The zero-order chi connectivity index (χ0) is 19.5. The minimum atomic E-state index is -4.52. The van der Waals surface area contributed by atoms with Crippen molar-refractivity contribution in [3.63, 3.8) is 0 Å². The molecule has 2 heterocycles. The summed E-state index contributed by atoms with van der Waals surface area (Å²) < 4.78 is 43.2. The second-order valence-corrected chi connectivity index (χ2v) is 6.84. The van der Waals surface area contributed by atoms with Crippen LogP contribution in [0.3, 0.4) is 0 Å². The molecule has 1 N–H and O–H groups in total. The molecule has 0 saturated heterocycles. The van der Waals surface area contributed by atoms with E-state index in [1.165, 1.54) is 6.33 Å². The van der Waals surface area contributed by atoms with E-state index in [1.54, 1.807) is 13.8 Å². The van der Waals surface area contributed by atoms with Crippen LogP contribution in [0, 0.1) is 0 Å². The molecule has 0 bridgehead atoms. The first-order valence-electron chi connectivity index (χ1n) is 7.36. The highest BCUT2D eigenvalue weighted by Crippen LogP contribution is 2.33. The second kappa shape index (κ2) is 8.45. The lowest BCUT2D eigenvalue weighted by Gasteiger charge is -2.17. The molecular weight excluding hydrogens is 416 g/mol. The van der Waals surface area contributed by atoms with Gasteiger partial charge in [-0.1, -0.05) is 23.2 Å². The van der Waals surface area contributed by atoms with Gasteiger partial charge in [-0.2, -0.15) is 13.2 Å². The van der Waals surface area contributed by atoms with Crippen molar-refractivity contribution in [1.82, 2.24) is 15.0 Å². The zero-order valence-electron chi connectivity index (χ0n) is 13.6. The predicted molar refractivity (Wildman–Crippen MR) is 94.1 cm³/mol. The quantitative estimate of drug-likeness (QED) is 0.625. The van der Waals surface area contributed by atoms with E-state index in [-0.39, 0.29) is 28.6 Å². The average Bonchev–Trinajstić information content (AvgIpc) is 2.54. The Morgan fingerprint density at radius 3 is 2.46 bits per heavy atom. The lowest BCUT2D eigenvalue weighted by atomic mass is 10.3. The largest absolute Gasteiger partial charge is 0.474 e. The van der Waals surface area contributed by atoms with Crippen LogP contribution in [-0.4, -0.2) is 27.6 Å². The zero-order valence-corrected chi connectivity index (χ0v) is 15.9. The summed E-state index contributed by atoms with van der Waals surface area (Å²) in [6, 6.07) is 0.457. The Hall–Kier alpha value is -1.51. The number of ether oxygens (including phenoxy) is 1. The molecule has 0 saturated carbocycles. The van der Waals surface area contributed by atoms with Crippen LogP contribution in [0.1, 0.15) is 30.5 Å². The maximum Gasteiger partial charge on any atom is 0.417 e. The Morgan fingerprint density at radius 1 is 1.19 bits per heavy atom. The first-order valence-corrected chi connectivity index (χ1v) is 8.55. The van der Waals surface area contributed by atoms with Crippen LogP contribution in [0.2, 0.25) is 10.0 Å². The molecule has 0 amide bonds. The predicted octanol–water partition coefficient (Wildman–Crippen LogP) is 5.38. The van der Waals surface area contributed by atoms with E-state index in [4.69, 9.17) is 39.5 Å². The molecule has 5 nitrogen and oxygen atoms in total. The monoisotopic (exact) mass is 428 g/mol. The summed E-state index contributed by atoms with van der Waals surface area (Å²) in [6.07, 6.45) is -2.54. The maximum absolute atomic E-state index is 12.6. The van der Waals surface area contributed by atoms with E-state index < -0.39 is 17.1 Å². The SMILES string of the molecule is CC(COc1ncc(C(F)(F)F)cc1Cl)Nc1ncnc(C(C)Cl)c1Cl. The molecule has 11 heteroatoms. The van der Waals surface area contributed by atoms with Gasteiger partial charge < -0.3 is 10.1 Å². The van der Waals surface area contributed by atoms with Crippen LogP contribution in [0.25, 0.3) is 0 Å². The first kappa shape index (κ1) is 20.8. The van der Waals surface area contributed by atoms with Gasteiger partial charge in [0.15, 0.2) is 0 Å². The maximum atomic E-state index is 12.6. The van der Waals surface area contributed by atoms with Gasteiger partial charge >= 0.3 is 6.18 Å². The molecule has 0 aliphatic heterocycles. The van der Waals surface area contributed by atoms with Crippen molar-refractivity contribution in [3.05, 3.63) is 39.9 Å². The summed E-state index contributed by atoms with van der Waals surface area (Å²) in [5, 5.41) is 2.67. The van der Waals surface area contributed by atoms with Crippen LogP contribution in [0.4, 0.5) is 19.0 Å². The summed E-state index contributed by atoms with van der Waals surface area (Å²) in [5.41, 5.74) is -0.470. The number of nitrogens with zero attached hydrogens (tertiary/aromatic N) is 3. The molecule has 0 aliphatic carbocycles. The minimum Gasteiger partial charge on any atom is -0.474 e. The molecule has 2 aromatic heterocycles. The number of halogens is 6. The number of rotatable bonds is 6. The van der Waals surface area contributed by atoms with Gasteiger partial charge in [0.05, 0.1) is 22.7 Å². The highest BCUT2D eigenvalue weighted by Gasteiger charge is 2.31. The van der Waals surface area contributed by atoms with E-state index >= 15 is 0 Å². The van der Waals surface area contributed by atoms with Gasteiger partial charge in [-0.25, -0.2) is 15.0 Å². The molecule has 0 fully saturated rings. The van der Waals surface area contributed by atoms with E-state index in [9.17, 15) is 13.2 Å². The smallest absolute Gasteiger partial charge is 0.417 e. The fraction of sp³-hybridized carbons (Fsp3) is 0.400. The van der Waals surface area contributed by atoms with Crippen LogP contribution >= 0.6 is 34.8 Å². The lowest BCUT2D eigenvalue weighted by molar-refractivity contribution is -0.137. The summed E-state index contributed by atoms with van der Waals surface area (Å²) in [7, 11) is 0. The Balaban J connectivity index is 2.02. The summed E-state index contributed by atoms with van der Waals surface area (Å²) in [5.74, 6) is 0.268. The third kappa shape index (κ3) is 5.25. The van der Waals surface area contributed by atoms with Crippen LogP contribution < -0.4 is 10.1 Å². The second-order valence-electron chi connectivity index (χ2n) is 5.40. The van der Waals surface area contributed by atoms with E-state index in [0.717, 1.165) is 6.07 Å². The molecule has 2 rings (SSSR count). The molecule has 142 valence electrons. The molecule has 0 radical (unpaired) electrons. The van der Waals surface area contributed by atoms with Crippen LogP contribution in [-0.2, 0) is 6.18 Å². The fourth-order valence-corrected chi connectivity index (χ4v) is 2.69. The number of anilines is 1. The van der Waals surface area contributed by atoms with Crippen LogP contribution in [0.15, 0.2) is 18.6 Å². The van der Waals surface area contributed by atoms with Crippen molar-refractivity contribution < 1.29 is 17.9 Å². The van der Waals surface area contributed by atoms with Gasteiger partial charge in [0.25, 0.3) is 0 Å². The molecule has 0 aliphatic rings. The Labute approximate surface area is 162 Å². The van der Waals surface area contributed by atoms with Crippen molar-refractivity contribution in [2.75, 3.05) is 11.9 Å². The number of hydrogen-bond donors (Lipinski definition) is 1. The number of pyridine rings is 1. The van der Waals surface area contributed by atoms with Crippen molar-refractivity contribution in [2.24, 2.45) is 0 Å². The van der Waals surface area contributed by atoms with Gasteiger partial charge in [0.2, 0.25) is 5.88 Å². The molecule has 2 aromatic rings. The normalized spacial score (nSPS) is 14.0. The van der Waals surface area contributed by atoms with Gasteiger partial charge in [-0.05, 0) is 19.9 Å². The van der Waals surface area contributed by atoms with Crippen molar-refractivity contribution in [1.29, 1.82) is 0 Å². The fourth-order valence-electron chi connectivity index (χ4n) is 1.93. The Kier molecular flexibility index (Phi) is 6.76. The lowest BCUT2D eigenvalue weighted by Crippen LogP contribution is -2.25. The Bertz CT molecular complexity index is 774. The highest BCUT2D eigenvalue weighted by molar-refractivity contribution is 6.34. The summed E-state index contributed by atoms with van der Waals surface area (Å²) in [4.78, 5) is 11.7. The third-order valence-electron chi connectivity index (χ3n) is 3.18. The molecular formula is C15H14Cl3F3N4O. The summed E-state index contributed by atoms with van der Waals surface area (Å²) in [6.45, 7) is 3.55. The number of hydrogen-bond acceptors (Lipinski definition) is 5.